The summed E-state index contributed by atoms with van der Waals surface area (Å²) in [4.78, 5) is 12.2. The number of carbonyl (C=O) groups excluding carboxylic acids is 1. The number of hydrogen-bond acceptors (Lipinski definition) is 3. The maximum absolute atomic E-state index is 15.1. The minimum Gasteiger partial charge on any atom is -0.378 e. The average Bonchev–Trinajstić information content (AvgIpc) is 3.23. The van der Waals surface area contributed by atoms with Crippen LogP contribution in [0.1, 0.15) is 56.1 Å². The van der Waals surface area contributed by atoms with Crippen LogP contribution in [0.5, 0.6) is 0 Å². The average molecular weight is 566 g/mol. The van der Waals surface area contributed by atoms with Gasteiger partial charge in [-0.25, -0.2) is 0 Å². The molecule has 1 fully saturated rings. The van der Waals surface area contributed by atoms with Crippen molar-refractivity contribution in [3.63, 3.8) is 0 Å². The van der Waals surface area contributed by atoms with Gasteiger partial charge in [-0.05, 0) is 89.6 Å². The first kappa shape index (κ1) is 27.6. The van der Waals surface area contributed by atoms with Gasteiger partial charge in [0, 0.05) is 17.8 Å². The highest BCUT2D eigenvalue weighted by Gasteiger charge is 2.77. The van der Waals surface area contributed by atoms with Crippen molar-refractivity contribution in [1.29, 1.82) is 5.26 Å². The van der Waals surface area contributed by atoms with Crippen LogP contribution in [0.4, 0.5) is 22.0 Å². The van der Waals surface area contributed by atoms with Crippen molar-refractivity contribution in [3.05, 3.63) is 94.6 Å². The quantitative estimate of drug-likeness (QED) is 0.305. The minimum atomic E-state index is -5.92. The number of nitrogens with zero attached hydrogens (tertiary/aromatic N) is 1. The van der Waals surface area contributed by atoms with Crippen LogP contribution in [-0.2, 0) is 4.79 Å². The fourth-order valence-corrected chi connectivity index (χ4v) is 7.77. The van der Waals surface area contributed by atoms with Crippen LogP contribution in [0.3, 0.4) is 0 Å². The number of rotatable bonds is 3. The normalized spacial score (nSPS) is 31.2. The summed E-state index contributed by atoms with van der Waals surface area (Å²) in [6.45, 7) is 1.37. The summed E-state index contributed by atoms with van der Waals surface area (Å²) in [7, 11) is 0. The molecular formula is C33H28F5NO2. The number of aliphatic hydroxyl groups is 1. The van der Waals surface area contributed by atoms with Gasteiger partial charge >= 0.3 is 12.1 Å². The third-order valence-corrected chi connectivity index (χ3v) is 9.90. The van der Waals surface area contributed by atoms with Gasteiger partial charge in [-0.2, -0.15) is 27.2 Å². The number of fused-ring (bicyclic) bond motifs is 4. The van der Waals surface area contributed by atoms with E-state index in [1.54, 1.807) is 18.2 Å². The number of ketones is 1. The summed E-state index contributed by atoms with van der Waals surface area (Å²) in [5.41, 5.74) is 0.756. The van der Waals surface area contributed by atoms with Gasteiger partial charge in [0.2, 0.25) is 0 Å². The van der Waals surface area contributed by atoms with Crippen LogP contribution in [0, 0.1) is 28.6 Å². The van der Waals surface area contributed by atoms with Crippen LogP contribution >= 0.6 is 0 Å². The zero-order valence-electron chi connectivity index (χ0n) is 22.3. The standard InChI is InChI=1S/C33H28F5NO2/c1-30-17-27(22-8-6-21(7-9-22)20-4-2-19(18-39)3-5-20)29-25-13-11-24(40)16-23(25)10-12-26(29)28(30)14-15-31(30,41)32(34,35)33(36,37)38/h2-9,14-16,26-28,41H,10-13,17H2,1H3/t26?,27-,28?,30+,31+/m1/s1. The van der Waals surface area contributed by atoms with E-state index in [1.165, 1.54) is 13.0 Å². The highest BCUT2D eigenvalue weighted by molar-refractivity contribution is 5.93. The Morgan fingerprint density at radius 3 is 2.20 bits per heavy atom. The van der Waals surface area contributed by atoms with Crippen molar-refractivity contribution in [1.82, 2.24) is 0 Å². The van der Waals surface area contributed by atoms with Crippen molar-refractivity contribution in [2.45, 2.75) is 62.6 Å². The number of hydrogen-bond donors (Lipinski definition) is 1. The number of allylic oxidation sites excluding steroid dienone is 5. The summed E-state index contributed by atoms with van der Waals surface area (Å²) in [5.74, 6) is -6.88. The molecule has 1 N–H and O–H groups in total. The van der Waals surface area contributed by atoms with E-state index in [4.69, 9.17) is 5.26 Å². The zero-order valence-corrected chi connectivity index (χ0v) is 22.3. The number of nitriles is 1. The SMILES string of the molecule is C[C@]12C[C@H](c3ccc(-c4ccc(C#N)cc4)cc3)C3=C4CCC(=O)C=C4CCC3C1C=C[C@@]2(O)C(F)(F)C(F)(F)F. The van der Waals surface area contributed by atoms with Crippen LogP contribution < -0.4 is 0 Å². The van der Waals surface area contributed by atoms with Gasteiger partial charge in [0.1, 0.15) is 0 Å². The van der Waals surface area contributed by atoms with Crippen molar-refractivity contribution in [2.24, 2.45) is 17.3 Å². The maximum Gasteiger partial charge on any atom is 0.456 e. The summed E-state index contributed by atoms with van der Waals surface area (Å²) in [6, 6.07) is 16.6. The Morgan fingerprint density at radius 1 is 0.951 bits per heavy atom. The number of carbonyl (C=O) groups is 1. The van der Waals surface area contributed by atoms with Crippen molar-refractivity contribution < 1.29 is 31.9 Å². The molecule has 0 bridgehead atoms. The third kappa shape index (κ3) is 3.96. The van der Waals surface area contributed by atoms with E-state index in [0.29, 0.717) is 37.3 Å². The molecule has 3 nitrogen and oxygen atoms in total. The van der Waals surface area contributed by atoms with Crippen molar-refractivity contribution in [2.75, 3.05) is 0 Å². The van der Waals surface area contributed by atoms with Gasteiger partial charge in [-0.15, -0.1) is 0 Å². The molecule has 1 saturated carbocycles. The molecule has 8 heteroatoms. The summed E-state index contributed by atoms with van der Waals surface area (Å²) >= 11 is 0. The van der Waals surface area contributed by atoms with E-state index in [2.05, 4.69) is 6.07 Å². The van der Waals surface area contributed by atoms with Gasteiger partial charge in [0.15, 0.2) is 11.4 Å². The van der Waals surface area contributed by atoms with Gasteiger partial charge in [-0.1, -0.05) is 55.0 Å². The van der Waals surface area contributed by atoms with Gasteiger partial charge in [0.05, 0.1) is 11.6 Å². The van der Waals surface area contributed by atoms with Crippen molar-refractivity contribution in [3.8, 4) is 17.2 Å². The Kier molecular flexibility index (Phi) is 6.20. The Labute approximate surface area is 234 Å². The van der Waals surface area contributed by atoms with Gasteiger partial charge in [-0.3, -0.25) is 4.79 Å². The zero-order chi connectivity index (χ0) is 29.4. The molecule has 0 aliphatic heterocycles. The molecule has 2 aromatic rings. The second kappa shape index (κ2) is 9.22. The first-order valence-electron chi connectivity index (χ1n) is 13.7. The largest absolute Gasteiger partial charge is 0.456 e. The first-order chi connectivity index (χ1) is 19.3. The molecule has 6 rings (SSSR count). The predicted molar refractivity (Wildman–Crippen MR) is 143 cm³/mol. The molecule has 0 amide bonds. The lowest BCUT2D eigenvalue weighted by atomic mass is 9.50. The second-order valence-electron chi connectivity index (χ2n) is 11.9. The first-order valence-corrected chi connectivity index (χ1v) is 13.7. The van der Waals surface area contributed by atoms with Crippen LogP contribution in [0.25, 0.3) is 11.1 Å². The third-order valence-electron chi connectivity index (χ3n) is 9.90. The molecule has 212 valence electrons. The van der Waals surface area contributed by atoms with Crippen LogP contribution in [-0.4, -0.2) is 28.6 Å². The number of benzene rings is 2. The molecule has 2 unspecified atom stereocenters. The Hall–Kier alpha value is -3.57. The maximum atomic E-state index is 15.1. The van der Waals surface area contributed by atoms with E-state index < -0.39 is 35.0 Å². The smallest absolute Gasteiger partial charge is 0.378 e. The summed E-state index contributed by atoms with van der Waals surface area (Å²) in [5, 5.41) is 20.4. The van der Waals surface area contributed by atoms with Crippen LogP contribution in [0.15, 0.2) is 83.5 Å². The van der Waals surface area contributed by atoms with Gasteiger partial charge in [0.25, 0.3) is 0 Å². The highest BCUT2D eigenvalue weighted by Crippen LogP contribution is 2.68. The molecule has 4 aliphatic rings. The van der Waals surface area contributed by atoms with E-state index in [-0.39, 0.29) is 18.1 Å². The monoisotopic (exact) mass is 565 g/mol. The fraction of sp³-hybridized carbons (Fsp3) is 0.394. The lowest BCUT2D eigenvalue weighted by Crippen LogP contribution is -2.65. The molecule has 0 radical (unpaired) electrons. The molecule has 5 atom stereocenters. The highest BCUT2D eigenvalue weighted by atomic mass is 19.4. The lowest BCUT2D eigenvalue weighted by molar-refractivity contribution is -0.352. The van der Waals surface area contributed by atoms with E-state index in [1.807, 2.05) is 36.4 Å². The topological polar surface area (TPSA) is 61.1 Å². The van der Waals surface area contributed by atoms with Gasteiger partial charge < -0.3 is 5.11 Å². The molecule has 2 aromatic carbocycles. The number of alkyl halides is 5. The fourth-order valence-electron chi connectivity index (χ4n) is 7.77. The van der Waals surface area contributed by atoms with E-state index >= 15 is 8.78 Å². The molecule has 0 aromatic heterocycles. The summed E-state index contributed by atoms with van der Waals surface area (Å²) in [6.07, 6.45) is -0.451. The molecule has 0 heterocycles. The van der Waals surface area contributed by atoms with Crippen molar-refractivity contribution >= 4 is 5.78 Å². The second-order valence-corrected chi connectivity index (χ2v) is 11.9. The lowest BCUT2D eigenvalue weighted by Gasteiger charge is -2.56. The van der Waals surface area contributed by atoms with Crippen LogP contribution in [0.2, 0.25) is 0 Å². The minimum absolute atomic E-state index is 0.0340. The van der Waals surface area contributed by atoms with E-state index in [0.717, 1.165) is 33.4 Å². The predicted octanol–water partition coefficient (Wildman–Crippen LogP) is 7.83. The Bertz CT molecular complexity index is 1540. The Morgan fingerprint density at radius 2 is 1.59 bits per heavy atom. The molecule has 4 aliphatic carbocycles. The molecular weight excluding hydrogens is 537 g/mol. The molecule has 41 heavy (non-hydrogen) atoms. The van der Waals surface area contributed by atoms with E-state index in [9.17, 15) is 23.1 Å². The Balaban J connectivity index is 1.47. The summed E-state index contributed by atoms with van der Waals surface area (Å²) < 4.78 is 71.3. The number of halogens is 5. The molecule has 0 saturated heterocycles. The molecule has 0 spiro atoms.